The second-order valence-corrected chi connectivity index (χ2v) is 6.08. The van der Waals surface area contributed by atoms with E-state index in [-0.39, 0.29) is 17.2 Å². The van der Waals surface area contributed by atoms with Gasteiger partial charge in [0.25, 0.3) is 0 Å². The van der Waals surface area contributed by atoms with E-state index < -0.39 is 17.7 Å². The second kappa shape index (κ2) is 6.99. The first-order valence-electron chi connectivity index (χ1n) is 6.69. The lowest BCUT2D eigenvalue weighted by Gasteiger charge is -2.27. The van der Waals surface area contributed by atoms with Crippen LogP contribution in [0.15, 0.2) is 18.2 Å². The van der Waals surface area contributed by atoms with Gasteiger partial charge in [0, 0.05) is 18.7 Å². The van der Waals surface area contributed by atoms with Crippen LogP contribution in [-0.2, 0) is 0 Å². The highest BCUT2D eigenvalue weighted by Gasteiger charge is 2.22. The van der Waals surface area contributed by atoms with Crippen LogP contribution in [0, 0.1) is 17.0 Å². The highest BCUT2D eigenvalue weighted by atomic mass is 19.2. The molecule has 0 fully saturated rings. The van der Waals surface area contributed by atoms with E-state index in [1.54, 1.807) is 0 Å². The number of aliphatic hydroxyl groups is 1. The van der Waals surface area contributed by atoms with Crippen molar-refractivity contribution in [3.63, 3.8) is 0 Å². The largest absolute Gasteiger partial charge is 0.492 e. The molecule has 0 spiro atoms. The van der Waals surface area contributed by atoms with Crippen LogP contribution in [0.25, 0.3) is 0 Å². The van der Waals surface area contributed by atoms with Gasteiger partial charge in [-0.1, -0.05) is 20.8 Å². The van der Waals surface area contributed by atoms with Gasteiger partial charge in [0.1, 0.15) is 12.4 Å². The van der Waals surface area contributed by atoms with Gasteiger partial charge >= 0.3 is 0 Å². The van der Waals surface area contributed by atoms with Gasteiger partial charge in [-0.3, -0.25) is 0 Å². The molecule has 1 aromatic carbocycles. The van der Waals surface area contributed by atoms with Crippen LogP contribution in [0.4, 0.5) is 8.78 Å². The summed E-state index contributed by atoms with van der Waals surface area (Å²) in [6.07, 6.45) is -0.465. The van der Waals surface area contributed by atoms with E-state index in [1.165, 1.54) is 6.07 Å². The van der Waals surface area contributed by atoms with Crippen LogP contribution >= 0.6 is 0 Å². The highest BCUT2D eigenvalue weighted by molar-refractivity contribution is 5.23. The molecule has 0 radical (unpaired) electrons. The summed E-state index contributed by atoms with van der Waals surface area (Å²) in [5, 5.41) is 13.0. The fourth-order valence-electron chi connectivity index (χ4n) is 1.47. The molecule has 0 aliphatic carbocycles. The summed E-state index contributed by atoms with van der Waals surface area (Å²) in [5.41, 5.74) is -0.187. The van der Waals surface area contributed by atoms with Crippen molar-refractivity contribution in [2.24, 2.45) is 5.41 Å². The first kappa shape index (κ1) is 16.9. The molecule has 1 rings (SSSR count). The summed E-state index contributed by atoms with van der Waals surface area (Å²) in [6, 6.07) is 3.42. The highest BCUT2D eigenvalue weighted by Crippen LogP contribution is 2.18. The lowest BCUT2D eigenvalue weighted by atomic mass is 9.89. The quantitative estimate of drug-likeness (QED) is 0.845. The molecule has 0 saturated heterocycles. The Morgan fingerprint density at radius 3 is 2.45 bits per heavy atom. The van der Waals surface area contributed by atoms with E-state index in [0.717, 1.165) is 12.1 Å². The normalized spacial score (nSPS) is 14.9. The minimum atomic E-state index is -0.925. The third-order valence-electron chi connectivity index (χ3n) is 3.05. The van der Waals surface area contributed by atoms with E-state index in [4.69, 9.17) is 4.74 Å². The number of nitrogens with one attached hydrogen (secondary N) is 1. The zero-order chi connectivity index (χ0) is 15.3. The number of ether oxygens (including phenoxy) is 1. The van der Waals surface area contributed by atoms with Crippen LogP contribution in [0.5, 0.6) is 5.75 Å². The summed E-state index contributed by atoms with van der Waals surface area (Å²) >= 11 is 0. The molecule has 2 atom stereocenters. The minimum Gasteiger partial charge on any atom is -0.492 e. The molecule has 20 heavy (non-hydrogen) atoms. The Balaban J connectivity index is 2.36. The number of benzene rings is 1. The molecule has 0 aromatic heterocycles. The Labute approximate surface area is 119 Å². The molecule has 0 bridgehead atoms. The average molecular weight is 287 g/mol. The number of rotatable bonds is 6. The van der Waals surface area contributed by atoms with Gasteiger partial charge in [-0.2, -0.15) is 0 Å². The van der Waals surface area contributed by atoms with Gasteiger partial charge < -0.3 is 15.2 Å². The molecule has 2 N–H and O–H groups in total. The summed E-state index contributed by atoms with van der Waals surface area (Å²) in [4.78, 5) is 0. The third-order valence-corrected chi connectivity index (χ3v) is 3.05. The summed E-state index contributed by atoms with van der Waals surface area (Å²) in [6.45, 7) is 8.54. The fraction of sp³-hybridized carbons (Fsp3) is 0.600. The standard InChI is InChI=1S/C15H23F2NO2/c1-10(18-8-14(19)15(2,3)4)9-20-11-5-6-12(16)13(17)7-11/h5-7,10,14,18-19H,8-9H2,1-4H3. The SMILES string of the molecule is CC(COc1ccc(F)c(F)c1)NCC(O)C(C)(C)C. The first-order valence-corrected chi connectivity index (χ1v) is 6.69. The van der Waals surface area contributed by atoms with Crippen LogP contribution in [0.1, 0.15) is 27.7 Å². The smallest absolute Gasteiger partial charge is 0.162 e. The van der Waals surface area contributed by atoms with Crippen LogP contribution in [0.2, 0.25) is 0 Å². The molecular weight excluding hydrogens is 264 g/mol. The van der Waals surface area contributed by atoms with Crippen LogP contribution in [-0.4, -0.2) is 30.4 Å². The Morgan fingerprint density at radius 2 is 1.90 bits per heavy atom. The van der Waals surface area contributed by atoms with Gasteiger partial charge in [0.15, 0.2) is 11.6 Å². The van der Waals surface area contributed by atoms with Crippen molar-refractivity contribution in [3.8, 4) is 5.75 Å². The monoisotopic (exact) mass is 287 g/mol. The van der Waals surface area contributed by atoms with Gasteiger partial charge in [-0.15, -0.1) is 0 Å². The molecule has 0 saturated carbocycles. The topological polar surface area (TPSA) is 41.5 Å². The lowest BCUT2D eigenvalue weighted by molar-refractivity contribution is 0.0592. The second-order valence-electron chi connectivity index (χ2n) is 6.08. The number of halogens is 2. The Bertz CT molecular complexity index is 432. The molecule has 2 unspecified atom stereocenters. The van der Waals surface area contributed by atoms with E-state index in [9.17, 15) is 13.9 Å². The van der Waals surface area contributed by atoms with Gasteiger partial charge in [0.2, 0.25) is 0 Å². The maximum atomic E-state index is 13.0. The molecule has 3 nitrogen and oxygen atoms in total. The maximum absolute atomic E-state index is 13.0. The molecule has 114 valence electrons. The van der Waals surface area contributed by atoms with Crippen molar-refractivity contribution in [1.29, 1.82) is 0 Å². The van der Waals surface area contributed by atoms with Gasteiger partial charge in [0.05, 0.1) is 6.10 Å². The number of aliphatic hydroxyl groups excluding tert-OH is 1. The van der Waals surface area contributed by atoms with Crippen molar-refractivity contribution in [2.75, 3.05) is 13.2 Å². The van der Waals surface area contributed by atoms with Crippen molar-refractivity contribution in [3.05, 3.63) is 29.8 Å². The van der Waals surface area contributed by atoms with Gasteiger partial charge in [-0.25, -0.2) is 8.78 Å². The van der Waals surface area contributed by atoms with Crippen molar-refractivity contribution < 1.29 is 18.6 Å². The molecular formula is C15H23F2NO2. The summed E-state index contributed by atoms with van der Waals surface area (Å²) < 4.78 is 31.1. The van der Waals surface area contributed by atoms with E-state index in [0.29, 0.717) is 13.2 Å². The van der Waals surface area contributed by atoms with Crippen LogP contribution in [0.3, 0.4) is 0 Å². The minimum absolute atomic E-state index is 0.0138. The van der Waals surface area contributed by atoms with Gasteiger partial charge in [-0.05, 0) is 24.5 Å². The fourth-order valence-corrected chi connectivity index (χ4v) is 1.47. The zero-order valence-electron chi connectivity index (χ0n) is 12.4. The molecule has 1 aromatic rings. The Kier molecular flexibility index (Phi) is 5.89. The van der Waals surface area contributed by atoms with Crippen molar-refractivity contribution >= 4 is 0 Å². The third kappa shape index (κ3) is 5.43. The molecule has 0 heterocycles. The van der Waals surface area contributed by atoms with Crippen molar-refractivity contribution in [2.45, 2.75) is 39.8 Å². The molecule has 5 heteroatoms. The predicted molar refractivity (Wildman–Crippen MR) is 74.8 cm³/mol. The zero-order valence-corrected chi connectivity index (χ0v) is 12.4. The molecule has 0 aliphatic heterocycles. The predicted octanol–water partition coefficient (Wildman–Crippen LogP) is 2.73. The van der Waals surface area contributed by atoms with E-state index in [2.05, 4.69) is 5.32 Å². The number of hydrogen-bond acceptors (Lipinski definition) is 3. The molecule has 0 amide bonds. The first-order chi connectivity index (χ1) is 9.20. The summed E-state index contributed by atoms with van der Waals surface area (Å²) in [7, 11) is 0. The average Bonchev–Trinajstić information content (AvgIpc) is 2.36. The van der Waals surface area contributed by atoms with E-state index >= 15 is 0 Å². The Hall–Kier alpha value is -1.20. The maximum Gasteiger partial charge on any atom is 0.162 e. The van der Waals surface area contributed by atoms with Crippen molar-refractivity contribution in [1.82, 2.24) is 5.32 Å². The number of hydrogen-bond donors (Lipinski definition) is 2. The van der Waals surface area contributed by atoms with E-state index in [1.807, 2.05) is 27.7 Å². The van der Waals surface area contributed by atoms with Crippen LogP contribution < -0.4 is 10.1 Å². The lowest BCUT2D eigenvalue weighted by Crippen LogP contribution is -2.42. The summed E-state index contributed by atoms with van der Waals surface area (Å²) in [5.74, 6) is -1.53. The Morgan fingerprint density at radius 1 is 1.25 bits per heavy atom. The molecule has 0 aliphatic rings.